The lowest BCUT2D eigenvalue weighted by atomic mass is 9.84. The minimum Gasteiger partial charge on any atom is -0.393 e. The molecule has 24 heavy (non-hydrogen) atoms. The van der Waals surface area contributed by atoms with Crippen molar-refractivity contribution >= 4 is 12.1 Å². The Hall–Kier alpha value is -1.34. The van der Waals surface area contributed by atoms with Gasteiger partial charge in [0, 0.05) is 12.1 Å². The molecule has 0 aromatic rings. The summed E-state index contributed by atoms with van der Waals surface area (Å²) in [6, 6.07) is -0.542. The molecule has 2 aliphatic carbocycles. The maximum absolute atomic E-state index is 12.4. The minimum absolute atomic E-state index is 0.120. The van der Waals surface area contributed by atoms with Crippen molar-refractivity contribution in [3.8, 4) is 0 Å². The number of rotatable bonds is 4. The van der Waals surface area contributed by atoms with Crippen LogP contribution < -0.4 is 16.0 Å². The number of carbonyl (C=O) groups is 2. The monoisotopic (exact) mass is 338 g/mol. The van der Waals surface area contributed by atoms with Gasteiger partial charge in [-0.1, -0.05) is 19.3 Å². The lowest BCUT2D eigenvalue weighted by Crippen LogP contribution is -2.71. The van der Waals surface area contributed by atoms with Crippen LogP contribution in [0.4, 0.5) is 9.59 Å². The lowest BCUT2D eigenvalue weighted by Gasteiger charge is -2.41. The first-order valence-electron chi connectivity index (χ1n) is 9.39. The van der Waals surface area contributed by atoms with E-state index in [1.165, 1.54) is 37.0 Å². The normalized spacial score (nSPS) is 31.5. The third-order valence-corrected chi connectivity index (χ3v) is 5.79. The van der Waals surface area contributed by atoms with Crippen molar-refractivity contribution in [2.24, 2.45) is 5.92 Å². The summed E-state index contributed by atoms with van der Waals surface area (Å²) in [5.41, 5.74) is 0. The van der Waals surface area contributed by atoms with Gasteiger partial charge in [0.25, 0.3) is 0 Å². The second kappa shape index (κ2) is 7.70. The van der Waals surface area contributed by atoms with Gasteiger partial charge in [0.1, 0.15) is 0 Å². The van der Waals surface area contributed by atoms with Crippen LogP contribution in [-0.2, 0) is 0 Å². The number of carbonyl (C=O) groups excluding carboxylic acids is 2. The predicted molar refractivity (Wildman–Crippen MR) is 90.1 cm³/mol. The van der Waals surface area contributed by atoms with E-state index in [9.17, 15) is 14.7 Å². The summed E-state index contributed by atoms with van der Waals surface area (Å²) >= 11 is 0. The quantitative estimate of drug-likeness (QED) is 0.629. The number of amides is 4. The highest BCUT2D eigenvalue weighted by Gasteiger charge is 2.38. The van der Waals surface area contributed by atoms with Crippen molar-refractivity contribution in [3.05, 3.63) is 0 Å². The van der Waals surface area contributed by atoms with E-state index in [2.05, 4.69) is 22.9 Å². The first-order valence-corrected chi connectivity index (χ1v) is 9.39. The molecule has 3 rings (SSSR count). The molecule has 1 atom stereocenters. The largest absolute Gasteiger partial charge is 0.393 e. The minimum atomic E-state index is -0.507. The van der Waals surface area contributed by atoms with Gasteiger partial charge in [-0.15, -0.1) is 0 Å². The summed E-state index contributed by atoms with van der Waals surface area (Å²) < 4.78 is 0. The van der Waals surface area contributed by atoms with E-state index in [4.69, 9.17) is 0 Å². The topological polar surface area (TPSA) is 93.7 Å². The third kappa shape index (κ3) is 4.00. The number of aliphatic hydroxyl groups is 1. The first kappa shape index (κ1) is 17.5. The van der Waals surface area contributed by atoms with Crippen LogP contribution in [0.15, 0.2) is 0 Å². The number of aliphatic hydroxyl groups excluding tert-OH is 1. The Morgan fingerprint density at radius 3 is 2.17 bits per heavy atom. The van der Waals surface area contributed by atoms with Crippen molar-refractivity contribution in [1.82, 2.24) is 20.9 Å². The zero-order valence-corrected chi connectivity index (χ0v) is 14.5. The molecule has 0 spiro atoms. The van der Waals surface area contributed by atoms with E-state index >= 15 is 0 Å². The Morgan fingerprint density at radius 1 is 1.00 bits per heavy atom. The van der Waals surface area contributed by atoms with Crippen molar-refractivity contribution in [2.45, 2.75) is 89.2 Å². The van der Waals surface area contributed by atoms with Crippen molar-refractivity contribution < 1.29 is 14.7 Å². The fraction of sp³-hybridized carbons (Fsp3) is 0.882. The fourth-order valence-electron chi connectivity index (χ4n) is 4.28. The Bertz CT molecular complexity index is 441. The average Bonchev–Trinajstić information content (AvgIpc) is 2.57. The SMILES string of the molecule is C[C@H](NC1NC(=O)N(C2CCC(O)CC2)C(=O)N1)C1CCCCC1. The van der Waals surface area contributed by atoms with Gasteiger partial charge < -0.3 is 15.7 Å². The number of hydrogen-bond acceptors (Lipinski definition) is 4. The number of hydrogen-bond donors (Lipinski definition) is 4. The van der Waals surface area contributed by atoms with E-state index < -0.39 is 6.29 Å². The maximum atomic E-state index is 12.4. The Labute approximate surface area is 143 Å². The molecule has 0 bridgehead atoms. The molecule has 1 heterocycles. The van der Waals surface area contributed by atoms with Gasteiger partial charge in [-0.3, -0.25) is 5.32 Å². The highest BCUT2D eigenvalue weighted by molar-refractivity contribution is 5.96. The number of nitrogens with one attached hydrogen (secondary N) is 3. The van der Waals surface area contributed by atoms with E-state index in [1.807, 2.05) is 0 Å². The summed E-state index contributed by atoms with van der Waals surface area (Å²) in [7, 11) is 0. The fourth-order valence-corrected chi connectivity index (χ4v) is 4.28. The first-order chi connectivity index (χ1) is 11.5. The Morgan fingerprint density at radius 2 is 1.58 bits per heavy atom. The molecule has 3 aliphatic rings. The summed E-state index contributed by atoms with van der Waals surface area (Å²) in [5, 5.41) is 18.7. The second-order valence-corrected chi connectivity index (χ2v) is 7.52. The molecule has 0 unspecified atom stereocenters. The standard InChI is InChI=1S/C17H30N4O3/c1-11(12-5-3-2-4-6-12)18-15-19-16(23)21(17(24)20-15)13-7-9-14(22)10-8-13/h11-15,18,22H,2-10H2,1H3,(H,19,23)(H,20,24)/t11-,13?,14?/m0/s1. The molecular weight excluding hydrogens is 308 g/mol. The van der Waals surface area contributed by atoms with Crippen LogP contribution in [0, 0.1) is 5.92 Å². The molecule has 7 heteroatoms. The zero-order valence-electron chi connectivity index (χ0n) is 14.5. The molecule has 0 aromatic heterocycles. The summed E-state index contributed by atoms with van der Waals surface area (Å²) in [6.07, 6.45) is 8.06. The molecule has 1 saturated heterocycles. The molecule has 7 nitrogen and oxygen atoms in total. The van der Waals surface area contributed by atoms with Crippen LogP contribution in [-0.4, -0.2) is 46.5 Å². The molecule has 4 amide bonds. The average molecular weight is 338 g/mol. The van der Waals surface area contributed by atoms with Crippen LogP contribution in [0.2, 0.25) is 0 Å². The molecule has 1 aliphatic heterocycles. The van der Waals surface area contributed by atoms with Crippen LogP contribution in [0.3, 0.4) is 0 Å². The third-order valence-electron chi connectivity index (χ3n) is 5.79. The number of nitrogens with zero attached hydrogens (tertiary/aromatic N) is 1. The maximum Gasteiger partial charge on any atom is 0.328 e. The molecule has 0 radical (unpaired) electrons. The van der Waals surface area contributed by atoms with Gasteiger partial charge in [-0.25, -0.2) is 14.5 Å². The van der Waals surface area contributed by atoms with Gasteiger partial charge in [0.15, 0.2) is 6.29 Å². The van der Waals surface area contributed by atoms with E-state index in [1.54, 1.807) is 0 Å². The van der Waals surface area contributed by atoms with Gasteiger partial charge in [0.2, 0.25) is 0 Å². The highest BCUT2D eigenvalue weighted by Crippen LogP contribution is 2.27. The predicted octanol–water partition coefficient (Wildman–Crippen LogP) is 1.87. The van der Waals surface area contributed by atoms with E-state index in [0.717, 1.165) is 0 Å². The van der Waals surface area contributed by atoms with Crippen LogP contribution in [0.1, 0.15) is 64.7 Å². The number of urea groups is 2. The summed E-state index contributed by atoms with van der Waals surface area (Å²) in [6.45, 7) is 2.13. The van der Waals surface area contributed by atoms with E-state index in [-0.39, 0.29) is 30.2 Å². The molecular formula is C17H30N4O3. The van der Waals surface area contributed by atoms with Crippen LogP contribution in [0.5, 0.6) is 0 Å². The van der Waals surface area contributed by atoms with Crippen LogP contribution in [0.25, 0.3) is 0 Å². The molecule has 4 N–H and O–H groups in total. The second-order valence-electron chi connectivity index (χ2n) is 7.52. The Balaban J connectivity index is 1.53. The highest BCUT2D eigenvalue weighted by atomic mass is 16.3. The van der Waals surface area contributed by atoms with Crippen molar-refractivity contribution in [1.29, 1.82) is 0 Å². The molecule has 0 aromatic carbocycles. The summed E-state index contributed by atoms with van der Waals surface area (Å²) in [4.78, 5) is 26.1. The molecule has 2 saturated carbocycles. The lowest BCUT2D eigenvalue weighted by molar-refractivity contribution is 0.0824. The molecule has 136 valence electrons. The van der Waals surface area contributed by atoms with Crippen molar-refractivity contribution in [2.75, 3.05) is 0 Å². The van der Waals surface area contributed by atoms with Gasteiger partial charge >= 0.3 is 12.1 Å². The van der Waals surface area contributed by atoms with Crippen molar-refractivity contribution in [3.63, 3.8) is 0 Å². The number of imide groups is 1. The van der Waals surface area contributed by atoms with Gasteiger partial charge in [0.05, 0.1) is 6.10 Å². The smallest absolute Gasteiger partial charge is 0.328 e. The molecule has 3 fully saturated rings. The van der Waals surface area contributed by atoms with Crippen LogP contribution >= 0.6 is 0 Å². The van der Waals surface area contributed by atoms with E-state index in [0.29, 0.717) is 31.6 Å². The Kier molecular flexibility index (Phi) is 5.61. The van der Waals surface area contributed by atoms with Gasteiger partial charge in [-0.2, -0.15) is 0 Å². The zero-order chi connectivity index (χ0) is 17.1. The summed E-state index contributed by atoms with van der Waals surface area (Å²) in [5.74, 6) is 0.602. The van der Waals surface area contributed by atoms with Gasteiger partial charge in [-0.05, 0) is 51.4 Å².